The number of carbonyl (C=O) groups excluding carboxylic acids is 2. The molecule has 13 heavy (non-hydrogen) atoms. The summed E-state index contributed by atoms with van der Waals surface area (Å²) in [5, 5.41) is 8.86. The van der Waals surface area contributed by atoms with Gasteiger partial charge in [0, 0.05) is 5.57 Å². The Morgan fingerprint density at radius 3 is 2.54 bits per heavy atom. The molecule has 1 aliphatic carbocycles. The smallest absolute Gasteiger partial charge is 0.267 e. The highest BCUT2D eigenvalue weighted by molar-refractivity contribution is 6.48. The van der Waals surface area contributed by atoms with Crippen molar-refractivity contribution < 1.29 is 19.4 Å². The maximum absolute atomic E-state index is 11.2. The molecule has 0 aliphatic heterocycles. The zero-order chi connectivity index (χ0) is 10.0. The predicted molar refractivity (Wildman–Crippen MR) is 44.9 cm³/mol. The van der Waals surface area contributed by atoms with E-state index in [2.05, 4.69) is 0 Å². The van der Waals surface area contributed by atoms with E-state index in [1.165, 1.54) is 7.11 Å². The van der Waals surface area contributed by atoms with Crippen LogP contribution in [0.4, 0.5) is 0 Å². The van der Waals surface area contributed by atoms with Crippen LogP contribution in [-0.2, 0) is 14.3 Å². The number of ether oxygens (including phenoxy) is 1. The first-order valence-corrected chi connectivity index (χ1v) is 3.77. The maximum Gasteiger partial charge on any atom is 0.267 e. The zero-order valence-corrected chi connectivity index (χ0v) is 7.46. The molecule has 4 heteroatoms. The largest absolute Gasteiger partial charge is 0.492 e. The molecule has 0 amide bonds. The molecule has 0 saturated carbocycles. The van der Waals surface area contributed by atoms with Crippen molar-refractivity contribution in [2.75, 3.05) is 13.7 Å². The minimum atomic E-state index is -0.655. The van der Waals surface area contributed by atoms with E-state index < -0.39 is 11.6 Å². The number of methoxy groups -OCH3 is 1. The number of aliphatic hydroxyl groups excluding tert-OH is 1. The van der Waals surface area contributed by atoms with Crippen molar-refractivity contribution in [2.45, 2.75) is 6.92 Å². The van der Waals surface area contributed by atoms with E-state index in [-0.39, 0.29) is 12.4 Å². The number of hydrogen-bond donors (Lipinski definition) is 1. The van der Waals surface area contributed by atoms with Gasteiger partial charge in [0.15, 0.2) is 5.76 Å². The van der Waals surface area contributed by atoms with E-state index in [0.29, 0.717) is 11.1 Å². The van der Waals surface area contributed by atoms with Crippen molar-refractivity contribution in [3.05, 3.63) is 23.0 Å². The molecule has 0 bridgehead atoms. The summed E-state index contributed by atoms with van der Waals surface area (Å²) in [7, 11) is 1.32. The van der Waals surface area contributed by atoms with Gasteiger partial charge in [0.05, 0.1) is 13.7 Å². The Kier molecular flexibility index (Phi) is 2.63. The van der Waals surface area contributed by atoms with E-state index in [1.807, 2.05) is 0 Å². The SMILES string of the molecule is COC1=C(C)C(CO)=CC(=O)C1=O. The van der Waals surface area contributed by atoms with Gasteiger partial charge in [0.1, 0.15) is 0 Å². The third-order valence-corrected chi connectivity index (χ3v) is 1.93. The highest BCUT2D eigenvalue weighted by atomic mass is 16.5. The molecule has 1 rings (SSSR count). The number of rotatable bonds is 2. The van der Waals surface area contributed by atoms with Gasteiger partial charge in [-0.15, -0.1) is 0 Å². The summed E-state index contributed by atoms with van der Waals surface area (Å²) in [4.78, 5) is 22.2. The van der Waals surface area contributed by atoms with Crippen molar-refractivity contribution in [2.24, 2.45) is 0 Å². The third kappa shape index (κ3) is 1.53. The molecule has 1 aliphatic rings. The minimum absolute atomic E-state index is 0.0246. The van der Waals surface area contributed by atoms with Crippen LogP contribution >= 0.6 is 0 Å². The molecule has 0 spiro atoms. The standard InChI is InChI=1S/C9H10O4/c1-5-6(4-10)3-7(11)8(12)9(5)13-2/h3,10H,4H2,1-2H3. The molecule has 0 aromatic carbocycles. The van der Waals surface area contributed by atoms with Crippen molar-refractivity contribution >= 4 is 11.6 Å². The normalized spacial score (nSPS) is 17.6. The second kappa shape index (κ2) is 3.53. The first kappa shape index (κ1) is 9.67. The summed E-state index contributed by atoms with van der Waals surface area (Å²) in [5.74, 6) is -1.28. The Morgan fingerprint density at radius 2 is 2.08 bits per heavy atom. The Labute approximate surface area is 75.5 Å². The molecule has 0 heterocycles. The van der Waals surface area contributed by atoms with Gasteiger partial charge in [-0.3, -0.25) is 9.59 Å². The summed E-state index contributed by atoms with van der Waals surface area (Å²) in [6.45, 7) is 1.36. The quantitative estimate of drug-likeness (QED) is 0.481. The third-order valence-electron chi connectivity index (χ3n) is 1.93. The van der Waals surface area contributed by atoms with Gasteiger partial charge in [-0.1, -0.05) is 0 Å². The summed E-state index contributed by atoms with van der Waals surface area (Å²) < 4.78 is 4.78. The van der Waals surface area contributed by atoms with Crippen LogP contribution in [0.3, 0.4) is 0 Å². The lowest BCUT2D eigenvalue weighted by atomic mass is 9.96. The van der Waals surface area contributed by atoms with E-state index in [4.69, 9.17) is 9.84 Å². The predicted octanol–water partition coefficient (Wildman–Crippen LogP) is -0.0227. The van der Waals surface area contributed by atoms with E-state index in [1.54, 1.807) is 6.92 Å². The highest BCUT2D eigenvalue weighted by Crippen LogP contribution is 2.20. The summed E-state index contributed by atoms with van der Waals surface area (Å²) in [5.41, 5.74) is 0.955. The van der Waals surface area contributed by atoms with Gasteiger partial charge in [-0.2, -0.15) is 0 Å². The molecule has 70 valence electrons. The molecule has 0 aromatic heterocycles. The van der Waals surface area contributed by atoms with Crippen LogP contribution in [0.25, 0.3) is 0 Å². The Bertz CT molecular complexity index is 323. The number of Topliss-reactive ketones (excluding diaryl/α,β-unsaturated/α-hetero) is 1. The van der Waals surface area contributed by atoms with Gasteiger partial charge < -0.3 is 9.84 Å². The zero-order valence-electron chi connectivity index (χ0n) is 7.46. The summed E-state index contributed by atoms with van der Waals surface area (Å²) in [6, 6.07) is 0. The van der Waals surface area contributed by atoms with Crippen molar-refractivity contribution in [1.82, 2.24) is 0 Å². The van der Waals surface area contributed by atoms with Crippen molar-refractivity contribution in [3.8, 4) is 0 Å². The van der Waals surface area contributed by atoms with Crippen molar-refractivity contribution in [3.63, 3.8) is 0 Å². The molecular formula is C9H10O4. The second-order valence-electron chi connectivity index (χ2n) is 2.68. The fraction of sp³-hybridized carbons (Fsp3) is 0.333. The van der Waals surface area contributed by atoms with Crippen LogP contribution in [-0.4, -0.2) is 30.4 Å². The Morgan fingerprint density at radius 1 is 1.46 bits per heavy atom. The first-order valence-electron chi connectivity index (χ1n) is 3.77. The lowest BCUT2D eigenvalue weighted by Gasteiger charge is -2.14. The van der Waals surface area contributed by atoms with Gasteiger partial charge in [0.25, 0.3) is 5.78 Å². The summed E-state index contributed by atoms with van der Waals surface area (Å²) in [6.07, 6.45) is 1.14. The Hall–Kier alpha value is -1.42. The van der Waals surface area contributed by atoms with Gasteiger partial charge in [-0.25, -0.2) is 0 Å². The minimum Gasteiger partial charge on any atom is -0.492 e. The topological polar surface area (TPSA) is 63.6 Å². The van der Waals surface area contributed by atoms with E-state index in [0.717, 1.165) is 6.08 Å². The van der Waals surface area contributed by atoms with Crippen LogP contribution in [0.2, 0.25) is 0 Å². The number of aliphatic hydroxyl groups is 1. The fourth-order valence-electron chi connectivity index (χ4n) is 1.17. The van der Waals surface area contributed by atoms with Crippen LogP contribution in [0, 0.1) is 0 Å². The molecule has 0 radical (unpaired) electrons. The second-order valence-corrected chi connectivity index (χ2v) is 2.68. The number of ketones is 2. The van der Waals surface area contributed by atoms with Crippen LogP contribution < -0.4 is 0 Å². The number of hydrogen-bond acceptors (Lipinski definition) is 4. The van der Waals surface area contributed by atoms with Gasteiger partial charge in [-0.05, 0) is 18.6 Å². The molecule has 4 nitrogen and oxygen atoms in total. The average Bonchev–Trinajstić information content (AvgIpc) is 2.12. The van der Waals surface area contributed by atoms with Gasteiger partial charge in [0.2, 0.25) is 5.78 Å². The molecular weight excluding hydrogens is 172 g/mol. The maximum atomic E-state index is 11.2. The molecule has 0 aromatic rings. The lowest BCUT2D eigenvalue weighted by molar-refractivity contribution is -0.133. The number of allylic oxidation sites excluding steroid dienone is 2. The van der Waals surface area contributed by atoms with Crippen LogP contribution in [0.15, 0.2) is 23.0 Å². The van der Waals surface area contributed by atoms with Gasteiger partial charge >= 0.3 is 0 Å². The highest BCUT2D eigenvalue weighted by Gasteiger charge is 2.26. The Balaban J connectivity index is 3.19. The van der Waals surface area contributed by atoms with Crippen LogP contribution in [0.5, 0.6) is 0 Å². The van der Waals surface area contributed by atoms with Crippen LogP contribution in [0.1, 0.15) is 6.92 Å². The fourth-order valence-corrected chi connectivity index (χ4v) is 1.17. The summed E-state index contributed by atoms with van der Waals surface area (Å²) >= 11 is 0. The number of carbonyl (C=O) groups is 2. The molecule has 0 saturated heterocycles. The molecule has 1 N–H and O–H groups in total. The van der Waals surface area contributed by atoms with Crippen molar-refractivity contribution in [1.29, 1.82) is 0 Å². The molecule has 0 unspecified atom stereocenters. The first-order chi connectivity index (χ1) is 6.11. The monoisotopic (exact) mass is 182 g/mol. The lowest BCUT2D eigenvalue weighted by Crippen LogP contribution is -2.22. The molecule has 0 fully saturated rings. The molecule has 0 atom stereocenters. The van der Waals surface area contributed by atoms with E-state index in [9.17, 15) is 9.59 Å². The van der Waals surface area contributed by atoms with E-state index >= 15 is 0 Å². The average molecular weight is 182 g/mol.